The SMILES string of the molecule is CN[C@H]1COC(=O)[C@H]2CCC[C@@H](C(C)=O)N2C1=O. The van der Waals surface area contributed by atoms with Gasteiger partial charge in [0.1, 0.15) is 18.7 Å². The molecule has 0 unspecified atom stereocenters. The van der Waals surface area contributed by atoms with Crippen LogP contribution in [-0.2, 0) is 19.1 Å². The summed E-state index contributed by atoms with van der Waals surface area (Å²) >= 11 is 0. The van der Waals surface area contributed by atoms with Crippen molar-refractivity contribution in [2.24, 2.45) is 0 Å². The first-order valence-corrected chi connectivity index (χ1v) is 6.22. The van der Waals surface area contributed by atoms with Crippen molar-refractivity contribution < 1.29 is 19.1 Å². The smallest absolute Gasteiger partial charge is 0.328 e. The predicted molar refractivity (Wildman–Crippen MR) is 62.8 cm³/mol. The molecule has 100 valence electrons. The number of Topliss-reactive ketones (excluding diaryl/α,β-unsaturated/α-hetero) is 1. The maximum atomic E-state index is 12.4. The average Bonchev–Trinajstić information content (AvgIpc) is 2.48. The third-order valence-electron chi connectivity index (χ3n) is 3.66. The molecule has 2 heterocycles. The van der Waals surface area contributed by atoms with Crippen molar-refractivity contribution >= 4 is 17.7 Å². The van der Waals surface area contributed by atoms with Crippen LogP contribution in [-0.4, -0.2) is 54.3 Å². The number of likely N-dealkylation sites (N-methyl/N-ethyl adjacent to an activating group) is 1. The molecular formula is C12H18N2O4. The van der Waals surface area contributed by atoms with Crippen molar-refractivity contribution in [3.05, 3.63) is 0 Å². The van der Waals surface area contributed by atoms with Crippen molar-refractivity contribution in [1.82, 2.24) is 10.2 Å². The van der Waals surface area contributed by atoms with Crippen LogP contribution in [0.3, 0.4) is 0 Å². The zero-order valence-electron chi connectivity index (χ0n) is 10.6. The van der Waals surface area contributed by atoms with Crippen molar-refractivity contribution in [3.8, 4) is 0 Å². The van der Waals surface area contributed by atoms with Crippen LogP contribution in [0.15, 0.2) is 0 Å². The number of hydrogen-bond acceptors (Lipinski definition) is 5. The highest BCUT2D eigenvalue weighted by Gasteiger charge is 2.45. The number of nitrogens with zero attached hydrogens (tertiary/aromatic N) is 1. The Hall–Kier alpha value is -1.43. The van der Waals surface area contributed by atoms with Crippen LogP contribution >= 0.6 is 0 Å². The minimum atomic E-state index is -0.599. The monoisotopic (exact) mass is 254 g/mol. The first-order chi connectivity index (χ1) is 8.56. The first kappa shape index (κ1) is 13.0. The molecule has 0 bridgehead atoms. The second kappa shape index (κ2) is 5.06. The highest BCUT2D eigenvalue weighted by molar-refractivity contribution is 5.94. The van der Waals surface area contributed by atoms with E-state index >= 15 is 0 Å². The van der Waals surface area contributed by atoms with Gasteiger partial charge in [-0.3, -0.25) is 9.59 Å². The summed E-state index contributed by atoms with van der Waals surface area (Å²) in [6, 6.07) is -1.64. The Morgan fingerprint density at radius 3 is 2.72 bits per heavy atom. The van der Waals surface area contributed by atoms with Crippen LogP contribution in [0.1, 0.15) is 26.2 Å². The van der Waals surface area contributed by atoms with Gasteiger partial charge < -0.3 is 15.0 Å². The van der Waals surface area contributed by atoms with Gasteiger partial charge >= 0.3 is 5.97 Å². The molecule has 2 fully saturated rings. The molecule has 1 N–H and O–H groups in total. The Labute approximate surface area is 106 Å². The molecule has 18 heavy (non-hydrogen) atoms. The van der Waals surface area contributed by atoms with Gasteiger partial charge in [0.25, 0.3) is 0 Å². The quantitative estimate of drug-likeness (QED) is 0.670. The molecule has 0 aliphatic carbocycles. The van der Waals surface area contributed by atoms with Gasteiger partial charge in [-0.25, -0.2) is 4.79 Å². The number of carbonyl (C=O) groups excluding carboxylic acids is 3. The first-order valence-electron chi connectivity index (χ1n) is 6.22. The molecule has 2 aliphatic rings. The summed E-state index contributed by atoms with van der Waals surface area (Å²) < 4.78 is 5.10. The average molecular weight is 254 g/mol. The van der Waals surface area contributed by atoms with E-state index in [1.54, 1.807) is 7.05 Å². The molecule has 1 amide bonds. The molecule has 6 nitrogen and oxygen atoms in total. The van der Waals surface area contributed by atoms with E-state index in [0.717, 1.165) is 6.42 Å². The highest BCUT2D eigenvalue weighted by Crippen LogP contribution is 2.27. The summed E-state index contributed by atoms with van der Waals surface area (Å²) in [4.78, 5) is 37.3. The van der Waals surface area contributed by atoms with E-state index in [2.05, 4.69) is 5.32 Å². The lowest BCUT2D eigenvalue weighted by atomic mass is 9.93. The van der Waals surface area contributed by atoms with Gasteiger partial charge in [-0.05, 0) is 33.2 Å². The van der Waals surface area contributed by atoms with Gasteiger partial charge in [-0.15, -0.1) is 0 Å². The van der Waals surface area contributed by atoms with E-state index in [9.17, 15) is 14.4 Å². The molecule has 0 radical (unpaired) electrons. The summed E-state index contributed by atoms with van der Waals surface area (Å²) in [6.45, 7) is 1.50. The third kappa shape index (κ3) is 2.12. The molecule has 2 rings (SSSR count). The number of fused-ring (bicyclic) bond motifs is 1. The number of ketones is 1. The number of piperidine rings is 1. The number of nitrogens with one attached hydrogen (secondary N) is 1. The summed E-state index contributed by atoms with van der Waals surface area (Å²) in [5.41, 5.74) is 0. The van der Waals surface area contributed by atoms with Gasteiger partial charge in [-0.1, -0.05) is 0 Å². The van der Waals surface area contributed by atoms with Crippen molar-refractivity contribution in [3.63, 3.8) is 0 Å². The Morgan fingerprint density at radius 2 is 2.11 bits per heavy atom. The maximum Gasteiger partial charge on any atom is 0.328 e. The van der Waals surface area contributed by atoms with Crippen LogP contribution in [0.5, 0.6) is 0 Å². The molecule has 2 aliphatic heterocycles. The Bertz CT molecular complexity index is 382. The fraction of sp³-hybridized carbons (Fsp3) is 0.750. The van der Waals surface area contributed by atoms with E-state index in [-0.39, 0.29) is 18.3 Å². The molecule has 6 heteroatoms. The summed E-state index contributed by atoms with van der Waals surface area (Å²) in [5, 5.41) is 2.83. The minimum absolute atomic E-state index is 0.0335. The predicted octanol–water partition coefficient (Wildman–Crippen LogP) is -0.530. The molecule has 0 saturated carbocycles. The van der Waals surface area contributed by atoms with Crippen LogP contribution in [0.25, 0.3) is 0 Å². The zero-order valence-corrected chi connectivity index (χ0v) is 10.6. The molecule has 0 spiro atoms. The van der Waals surface area contributed by atoms with Gasteiger partial charge in [0.05, 0.1) is 6.04 Å². The van der Waals surface area contributed by atoms with Crippen molar-refractivity contribution in [2.45, 2.75) is 44.3 Å². The van der Waals surface area contributed by atoms with Crippen LogP contribution in [0.2, 0.25) is 0 Å². The van der Waals surface area contributed by atoms with Crippen molar-refractivity contribution in [2.75, 3.05) is 13.7 Å². The molecule has 2 saturated heterocycles. The summed E-state index contributed by atoms with van der Waals surface area (Å²) in [6.07, 6.45) is 1.96. The number of hydrogen-bond donors (Lipinski definition) is 1. The maximum absolute atomic E-state index is 12.4. The van der Waals surface area contributed by atoms with Gasteiger partial charge in [0.2, 0.25) is 5.91 Å². The van der Waals surface area contributed by atoms with Gasteiger partial charge in [0, 0.05) is 0 Å². The number of carbonyl (C=O) groups is 3. The van der Waals surface area contributed by atoms with E-state index in [0.29, 0.717) is 12.8 Å². The molecular weight excluding hydrogens is 236 g/mol. The Kier molecular flexibility index (Phi) is 3.65. The van der Waals surface area contributed by atoms with Crippen LogP contribution in [0.4, 0.5) is 0 Å². The molecule has 3 atom stereocenters. The van der Waals surface area contributed by atoms with Crippen LogP contribution in [0, 0.1) is 0 Å². The third-order valence-corrected chi connectivity index (χ3v) is 3.66. The second-order valence-corrected chi connectivity index (χ2v) is 4.79. The van der Waals surface area contributed by atoms with Gasteiger partial charge in [0.15, 0.2) is 5.78 Å². The number of ether oxygens (including phenoxy) is 1. The highest BCUT2D eigenvalue weighted by atomic mass is 16.5. The largest absolute Gasteiger partial charge is 0.462 e. The Balaban J connectivity index is 2.34. The minimum Gasteiger partial charge on any atom is -0.462 e. The second-order valence-electron chi connectivity index (χ2n) is 4.79. The van der Waals surface area contributed by atoms with Crippen molar-refractivity contribution in [1.29, 1.82) is 0 Å². The van der Waals surface area contributed by atoms with E-state index in [4.69, 9.17) is 4.74 Å². The lowest BCUT2D eigenvalue weighted by Crippen LogP contribution is -2.58. The van der Waals surface area contributed by atoms with E-state index in [1.165, 1.54) is 11.8 Å². The fourth-order valence-corrected chi connectivity index (χ4v) is 2.66. The zero-order chi connectivity index (χ0) is 13.3. The molecule has 0 aromatic rings. The topological polar surface area (TPSA) is 75.7 Å². The number of rotatable bonds is 2. The number of cyclic esters (lactones) is 1. The molecule has 0 aromatic heterocycles. The molecule has 0 aromatic carbocycles. The summed E-state index contributed by atoms with van der Waals surface area (Å²) in [5.74, 6) is -0.682. The lowest BCUT2D eigenvalue weighted by Gasteiger charge is -2.38. The normalized spacial score (nSPS) is 32.6. The summed E-state index contributed by atoms with van der Waals surface area (Å²) in [7, 11) is 1.64. The lowest BCUT2D eigenvalue weighted by molar-refractivity contribution is -0.155. The van der Waals surface area contributed by atoms with E-state index < -0.39 is 24.1 Å². The fourth-order valence-electron chi connectivity index (χ4n) is 2.66. The number of esters is 1. The van der Waals surface area contributed by atoms with E-state index in [1.807, 2.05) is 0 Å². The number of amides is 1. The van der Waals surface area contributed by atoms with Gasteiger partial charge in [-0.2, -0.15) is 0 Å². The Morgan fingerprint density at radius 1 is 1.39 bits per heavy atom. The van der Waals surface area contributed by atoms with Crippen LogP contribution < -0.4 is 5.32 Å². The standard InChI is InChI=1S/C12H18N2O4/c1-7(15)9-4-3-5-10-12(17)18-6-8(13-2)11(16)14(9)10/h8-10,13H,3-6H2,1-2H3/t8-,9-,10+/m0/s1.